The number of hydrogen-bond acceptors (Lipinski definition) is 2. The predicted octanol–water partition coefficient (Wildman–Crippen LogP) is 2.41. The van der Waals surface area contributed by atoms with Gasteiger partial charge in [0.2, 0.25) is 5.91 Å². The quantitative estimate of drug-likeness (QED) is 0.897. The number of benzene rings is 1. The standard InChI is InChI=1S/C14H18BrNO2/c15-12-5-3-11(4-6-12)9-13(18)16-14(10-17)7-1-2-8-14/h3-6,17H,1-2,7-10H2,(H,16,18). The first-order valence-corrected chi connectivity index (χ1v) is 7.09. The molecule has 0 unspecified atom stereocenters. The third-order valence-electron chi connectivity index (χ3n) is 3.55. The molecule has 4 heteroatoms. The molecule has 2 N–H and O–H groups in total. The highest BCUT2D eigenvalue weighted by Gasteiger charge is 2.34. The second kappa shape index (κ2) is 5.85. The Morgan fingerprint density at radius 2 is 1.89 bits per heavy atom. The van der Waals surface area contributed by atoms with E-state index in [9.17, 15) is 9.90 Å². The van der Waals surface area contributed by atoms with Crippen LogP contribution in [0.4, 0.5) is 0 Å². The van der Waals surface area contributed by atoms with Crippen LogP contribution in [0.25, 0.3) is 0 Å². The van der Waals surface area contributed by atoms with Gasteiger partial charge in [-0.15, -0.1) is 0 Å². The SMILES string of the molecule is O=C(Cc1ccc(Br)cc1)NC1(CO)CCCC1. The van der Waals surface area contributed by atoms with Crippen LogP contribution < -0.4 is 5.32 Å². The minimum absolute atomic E-state index is 0.00623. The minimum Gasteiger partial charge on any atom is -0.394 e. The number of hydrogen-bond donors (Lipinski definition) is 2. The molecule has 1 aliphatic carbocycles. The van der Waals surface area contributed by atoms with E-state index < -0.39 is 0 Å². The van der Waals surface area contributed by atoms with Gasteiger partial charge in [0.05, 0.1) is 18.6 Å². The zero-order valence-electron chi connectivity index (χ0n) is 10.3. The Morgan fingerprint density at radius 1 is 1.28 bits per heavy atom. The molecular formula is C14H18BrNO2. The molecule has 0 aliphatic heterocycles. The fourth-order valence-electron chi connectivity index (χ4n) is 2.50. The fraction of sp³-hybridized carbons (Fsp3) is 0.500. The molecule has 1 aromatic rings. The Kier molecular flexibility index (Phi) is 4.40. The van der Waals surface area contributed by atoms with Crippen molar-refractivity contribution in [2.24, 2.45) is 0 Å². The number of carbonyl (C=O) groups is 1. The van der Waals surface area contributed by atoms with Crippen LogP contribution in [0, 0.1) is 0 Å². The number of amides is 1. The van der Waals surface area contributed by atoms with Crippen molar-refractivity contribution < 1.29 is 9.90 Å². The lowest BCUT2D eigenvalue weighted by Gasteiger charge is -2.28. The van der Waals surface area contributed by atoms with Crippen LogP contribution in [-0.2, 0) is 11.2 Å². The van der Waals surface area contributed by atoms with Crippen LogP contribution in [0.5, 0.6) is 0 Å². The normalized spacial score (nSPS) is 17.7. The molecule has 1 fully saturated rings. The Morgan fingerprint density at radius 3 is 2.44 bits per heavy atom. The topological polar surface area (TPSA) is 49.3 Å². The van der Waals surface area contributed by atoms with E-state index >= 15 is 0 Å². The highest BCUT2D eigenvalue weighted by Crippen LogP contribution is 2.29. The van der Waals surface area contributed by atoms with E-state index in [4.69, 9.17) is 0 Å². The van der Waals surface area contributed by atoms with Gasteiger partial charge >= 0.3 is 0 Å². The summed E-state index contributed by atoms with van der Waals surface area (Å²) in [7, 11) is 0. The molecule has 0 aromatic heterocycles. The molecule has 0 atom stereocenters. The third kappa shape index (κ3) is 3.33. The van der Waals surface area contributed by atoms with Crippen molar-refractivity contribution in [3.05, 3.63) is 34.3 Å². The van der Waals surface area contributed by atoms with Gasteiger partial charge in [0, 0.05) is 4.47 Å². The summed E-state index contributed by atoms with van der Waals surface area (Å²) in [5, 5.41) is 12.5. The zero-order chi connectivity index (χ0) is 13.0. The number of aliphatic hydroxyl groups excluding tert-OH is 1. The smallest absolute Gasteiger partial charge is 0.224 e. The van der Waals surface area contributed by atoms with Crippen molar-refractivity contribution in [2.75, 3.05) is 6.61 Å². The highest BCUT2D eigenvalue weighted by atomic mass is 79.9. The molecule has 18 heavy (non-hydrogen) atoms. The average Bonchev–Trinajstić information content (AvgIpc) is 2.81. The molecule has 1 saturated carbocycles. The molecule has 1 aliphatic rings. The van der Waals surface area contributed by atoms with E-state index in [1.165, 1.54) is 0 Å². The number of carbonyl (C=O) groups excluding carboxylic acids is 1. The maximum absolute atomic E-state index is 12.0. The summed E-state index contributed by atoms with van der Waals surface area (Å²) in [6.07, 6.45) is 4.30. The summed E-state index contributed by atoms with van der Waals surface area (Å²) in [5.74, 6) is -0.00623. The third-order valence-corrected chi connectivity index (χ3v) is 4.07. The number of rotatable bonds is 4. The van der Waals surface area contributed by atoms with Crippen LogP contribution in [0.15, 0.2) is 28.7 Å². The fourth-order valence-corrected chi connectivity index (χ4v) is 2.77. The van der Waals surface area contributed by atoms with E-state index in [2.05, 4.69) is 21.2 Å². The van der Waals surface area contributed by atoms with Crippen LogP contribution in [0.3, 0.4) is 0 Å². The van der Waals surface area contributed by atoms with Crippen LogP contribution in [-0.4, -0.2) is 23.2 Å². The van der Waals surface area contributed by atoms with Gasteiger partial charge in [-0.3, -0.25) is 4.79 Å². The Bertz CT molecular complexity index is 410. The van der Waals surface area contributed by atoms with Crippen LogP contribution >= 0.6 is 15.9 Å². The lowest BCUT2D eigenvalue weighted by Crippen LogP contribution is -2.49. The molecule has 1 aromatic carbocycles. The minimum atomic E-state index is -0.369. The first-order chi connectivity index (χ1) is 8.63. The molecule has 0 radical (unpaired) electrons. The monoisotopic (exact) mass is 311 g/mol. The van der Waals surface area contributed by atoms with E-state index in [1.807, 2.05) is 24.3 Å². The Hall–Kier alpha value is -0.870. The summed E-state index contributed by atoms with van der Waals surface area (Å²) < 4.78 is 1.01. The molecule has 0 bridgehead atoms. The van der Waals surface area contributed by atoms with E-state index in [1.54, 1.807) is 0 Å². The highest BCUT2D eigenvalue weighted by molar-refractivity contribution is 9.10. The van der Waals surface area contributed by atoms with E-state index in [0.717, 1.165) is 35.7 Å². The van der Waals surface area contributed by atoms with E-state index in [-0.39, 0.29) is 18.1 Å². The Labute approximate surface area is 116 Å². The van der Waals surface area contributed by atoms with Gasteiger partial charge in [-0.1, -0.05) is 40.9 Å². The number of nitrogens with one attached hydrogen (secondary N) is 1. The molecule has 0 spiro atoms. The molecule has 0 heterocycles. The number of aliphatic hydroxyl groups is 1. The number of halogens is 1. The first kappa shape index (κ1) is 13.6. The lowest BCUT2D eigenvalue weighted by molar-refractivity contribution is -0.122. The zero-order valence-corrected chi connectivity index (χ0v) is 11.9. The van der Waals surface area contributed by atoms with Crippen molar-refractivity contribution >= 4 is 21.8 Å². The van der Waals surface area contributed by atoms with Crippen LogP contribution in [0.1, 0.15) is 31.2 Å². The maximum Gasteiger partial charge on any atom is 0.224 e. The molecule has 3 nitrogen and oxygen atoms in total. The molecule has 0 saturated heterocycles. The summed E-state index contributed by atoms with van der Waals surface area (Å²) in [4.78, 5) is 12.0. The maximum atomic E-state index is 12.0. The molecule has 2 rings (SSSR count). The van der Waals surface area contributed by atoms with Gasteiger partial charge in [0.25, 0.3) is 0 Å². The summed E-state index contributed by atoms with van der Waals surface area (Å²) in [5.41, 5.74) is 0.619. The van der Waals surface area contributed by atoms with Crippen LogP contribution in [0.2, 0.25) is 0 Å². The van der Waals surface area contributed by atoms with Crippen molar-refractivity contribution in [2.45, 2.75) is 37.6 Å². The summed E-state index contributed by atoms with van der Waals surface area (Å²) in [6, 6.07) is 7.73. The van der Waals surface area contributed by atoms with Crippen molar-refractivity contribution in [3.8, 4) is 0 Å². The van der Waals surface area contributed by atoms with Gasteiger partial charge in [-0.25, -0.2) is 0 Å². The van der Waals surface area contributed by atoms with Crippen molar-refractivity contribution in [3.63, 3.8) is 0 Å². The second-order valence-corrected chi connectivity index (χ2v) is 5.91. The predicted molar refractivity (Wildman–Crippen MR) is 74.3 cm³/mol. The van der Waals surface area contributed by atoms with Gasteiger partial charge in [0.1, 0.15) is 0 Å². The lowest BCUT2D eigenvalue weighted by atomic mass is 9.98. The van der Waals surface area contributed by atoms with Gasteiger partial charge in [-0.05, 0) is 30.5 Å². The summed E-state index contributed by atoms with van der Waals surface area (Å²) >= 11 is 3.37. The van der Waals surface area contributed by atoms with E-state index in [0.29, 0.717) is 6.42 Å². The van der Waals surface area contributed by atoms with Gasteiger partial charge < -0.3 is 10.4 Å². The molecule has 98 valence electrons. The molecule has 1 amide bonds. The average molecular weight is 312 g/mol. The largest absolute Gasteiger partial charge is 0.394 e. The Balaban J connectivity index is 1.94. The summed E-state index contributed by atoms with van der Waals surface area (Å²) in [6.45, 7) is 0.0408. The van der Waals surface area contributed by atoms with Gasteiger partial charge in [0.15, 0.2) is 0 Å². The first-order valence-electron chi connectivity index (χ1n) is 6.30. The van der Waals surface area contributed by atoms with Crippen molar-refractivity contribution in [1.82, 2.24) is 5.32 Å². The molecular weight excluding hydrogens is 294 g/mol. The van der Waals surface area contributed by atoms with Crippen molar-refractivity contribution in [1.29, 1.82) is 0 Å². The second-order valence-electron chi connectivity index (χ2n) is 5.00. The van der Waals surface area contributed by atoms with Gasteiger partial charge in [-0.2, -0.15) is 0 Å².